The largest absolute Gasteiger partial charge is 0.376 e. The van der Waals surface area contributed by atoms with Crippen LogP contribution in [0.3, 0.4) is 0 Å². The lowest BCUT2D eigenvalue weighted by Crippen LogP contribution is -2.25. The number of halogens is 1. The first-order valence-corrected chi connectivity index (χ1v) is 6.85. The molecule has 1 fully saturated rings. The summed E-state index contributed by atoms with van der Waals surface area (Å²) >= 11 is 0. The summed E-state index contributed by atoms with van der Waals surface area (Å²) in [6, 6.07) is 4.48. The Bertz CT molecular complexity index is 453. The van der Waals surface area contributed by atoms with E-state index in [-0.39, 0.29) is 17.6 Å². The van der Waals surface area contributed by atoms with Gasteiger partial charge < -0.3 is 10.2 Å². The van der Waals surface area contributed by atoms with Crippen molar-refractivity contribution in [3.63, 3.8) is 0 Å². The van der Waals surface area contributed by atoms with E-state index in [1.165, 1.54) is 18.6 Å². The zero-order chi connectivity index (χ0) is 13.8. The first kappa shape index (κ1) is 13.8. The van der Waals surface area contributed by atoms with E-state index in [4.69, 9.17) is 0 Å². The summed E-state index contributed by atoms with van der Waals surface area (Å²) < 4.78 is 13.3. The summed E-state index contributed by atoms with van der Waals surface area (Å²) in [6.07, 6.45) is 5.33. The monoisotopic (exact) mass is 264 g/mol. The summed E-state index contributed by atoms with van der Waals surface area (Å²) in [5.74, 6) is -0.232. The molecule has 0 bridgehead atoms. The number of amides is 1. The Kier molecular flexibility index (Phi) is 4.40. The highest BCUT2D eigenvalue weighted by Crippen LogP contribution is 2.28. The number of hydrogen-bond donors (Lipinski definition) is 1. The molecule has 1 aromatic rings. The highest BCUT2D eigenvalue weighted by Gasteiger charge is 2.22. The molecule has 0 radical (unpaired) electrons. The highest BCUT2D eigenvalue weighted by atomic mass is 19.1. The summed E-state index contributed by atoms with van der Waals surface area (Å²) in [5.41, 5.74) is 1.38. The van der Waals surface area contributed by atoms with Gasteiger partial charge >= 0.3 is 0 Å². The Morgan fingerprint density at radius 1 is 1.26 bits per heavy atom. The molecule has 4 heteroatoms. The van der Waals surface area contributed by atoms with Crippen molar-refractivity contribution in [2.45, 2.75) is 32.1 Å². The molecule has 2 rings (SSSR count). The normalized spacial score (nSPS) is 16.2. The fraction of sp³-hybridized carbons (Fsp3) is 0.533. The first-order chi connectivity index (χ1) is 9.08. The third-order valence-electron chi connectivity index (χ3n) is 3.67. The molecule has 3 nitrogen and oxygen atoms in total. The van der Waals surface area contributed by atoms with Crippen molar-refractivity contribution in [3.8, 4) is 0 Å². The lowest BCUT2D eigenvalue weighted by Gasteiger charge is -2.23. The van der Waals surface area contributed by atoms with Crippen molar-refractivity contribution in [1.82, 2.24) is 0 Å². The Balaban J connectivity index is 2.13. The molecule has 104 valence electrons. The molecule has 1 saturated carbocycles. The molecule has 0 unspecified atom stereocenters. The Hall–Kier alpha value is -1.58. The van der Waals surface area contributed by atoms with E-state index >= 15 is 0 Å². The molecule has 1 N–H and O–H groups in total. The second-order valence-corrected chi connectivity index (χ2v) is 5.38. The molecular weight excluding hydrogens is 243 g/mol. The van der Waals surface area contributed by atoms with Crippen LogP contribution in [0.2, 0.25) is 0 Å². The van der Waals surface area contributed by atoms with Crippen molar-refractivity contribution in [2.75, 3.05) is 24.3 Å². The quantitative estimate of drug-likeness (QED) is 0.907. The zero-order valence-corrected chi connectivity index (χ0v) is 11.6. The van der Waals surface area contributed by atoms with E-state index < -0.39 is 0 Å². The molecule has 1 aliphatic rings. The van der Waals surface area contributed by atoms with Crippen LogP contribution in [0.1, 0.15) is 32.1 Å². The smallest absolute Gasteiger partial charge is 0.227 e. The van der Waals surface area contributed by atoms with Crippen LogP contribution in [0.5, 0.6) is 0 Å². The number of carbonyl (C=O) groups excluding carboxylic acids is 1. The van der Waals surface area contributed by atoms with E-state index in [9.17, 15) is 9.18 Å². The average Bonchev–Trinajstić information content (AvgIpc) is 2.39. The molecule has 0 heterocycles. The van der Waals surface area contributed by atoms with Gasteiger partial charge in [0.15, 0.2) is 0 Å². The van der Waals surface area contributed by atoms with Gasteiger partial charge in [-0.3, -0.25) is 4.79 Å². The molecule has 0 atom stereocenters. The fourth-order valence-electron chi connectivity index (χ4n) is 2.60. The number of nitrogens with zero attached hydrogens (tertiary/aromatic N) is 1. The fourth-order valence-corrected chi connectivity index (χ4v) is 2.60. The molecule has 1 aromatic carbocycles. The van der Waals surface area contributed by atoms with Crippen molar-refractivity contribution in [1.29, 1.82) is 0 Å². The molecular formula is C15H21FN2O. The van der Waals surface area contributed by atoms with Crippen LogP contribution < -0.4 is 10.2 Å². The molecule has 0 aliphatic heterocycles. The SMILES string of the molecule is CN(C)c1ccc(F)cc1NC(=O)C1CCCCC1. The maximum atomic E-state index is 13.3. The van der Waals surface area contributed by atoms with Crippen LogP contribution in [0.15, 0.2) is 18.2 Å². The topological polar surface area (TPSA) is 32.3 Å². The summed E-state index contributed by atoms with van der Waals surface area (Å²) in [4.78, 5) is 14.1. The van der Waals surface area contributed by atoms with Crippen molar-refractivity contribution >= 4 is 17.3 Å². The lowest BCUT2D eigenvalue weighted by molar-refractivity contribution is -0.120. The molecule has 0 spiro atoms. The minimum atomic E-state index is -0.329. The van der Waals surface area contributed by atoms with Gasteiger partial charge in [-0.15, -0.1) is 0 Å². The summed E-state index contributed by atoms with van der Waals surface area (Å²) in [7, 11) is 3.76. The predicted octanol–water partition coefficient (Wildman–Crippen LogP) is 3.41. The first-order valence-electron chi connectivity index (χ1n) is 6.85. The zero-order valence-electron chi connectivity index (χ0n) is 11.6. The number of benzene rings is 1. The molecule has 1 aliphatic carbocycles. The van der Waals surface area contributed by atoms with Crippen molar-refractivity contribution in [3.05, 3.63) is 24.0 Å². The Labute approximate surface area is 113 Å². The van der Waals surface area contributed by atoms with Crippen molar-refractivity contribution in [2.24, 2.45) is 5.92 Å². The minimum absolute atomic E-state index is 0.0217. The van der Waals surface area contributed by atoms with Crippen LogP contribution in [0.25, 0.3) is 0 Å². The maximum Gasteiger partial charge on any atom is 0.227 e. The van der Waals surface area contributed by atoms with Crippen molar-refractivity contribution < 1.29 is 9.18 Å². The van der Waals surface area contributed by atoms with Gasteiger partial charge in [0.2, 0.25) is 5.91 Å². The van der Waals surface area contributed by atoms with E-state index in [1.807, 2.05) is 19.0 Å². The average molecular weight is 264 g/mol. The third kappa shape index (κ3) is 3.46. The second-order valence-electron chi connectivity index (χ2n) is 5.38. The van der Waals surface area contributed by atoms with Gasteiger partial charge in [-0.2, -0.15) is 0 Å². The maximum absolute atomic E-state index is 13.3. The van der Waals surface area contributed by atoms with Gasteiger partial charge in [-0.1, -0.05) is 19.3 Å². The molecule has 0 aromatic heterocycles. The Morgan fingerprint density at radius 3 is 2.58 bits per heavy atom. The van der Waals surface area contributed by atoms with Crippen LogP contribution in [0.4, 0.5) is 15.8 Å². The number of anilines is 2. The molecule has 0 saturated heterocycles. The van der Waals surface area contributed by atoms with E-state index in [2.05, 4.69) is 5.32 Å². The lowest BCUT2D eigenvalue weighted by atomic mass is 9.88. The summed E-state index contributed by atoms with van der Waals surface area (Å²) in [5, 5.41) is 2.88. The van der Waals surface area contributed by atoms with Gasteiger partial charge in [0.1, 0.15) is 5.82 Å². The molecule has 1 amide bonds. The summed E-state index contributed by atoms with van der Waals surface area (Å²) in [6.45, 7) is 0. The predicted molar refractivity (Wildman–Crippen MR) is 75.9 cm³/mol. The standard InChI is InChI=1S/C15H21FN2O/c1-18(2)14-9-8-12(16)10-13(14)17-15(19)11-6-4-3-5-7-11/h8-11H,3-7H2,1-2H3,(H,17,19). The number of carbonyl (C=O) groups is 1. The van der Waals surface area contributed by atoms with Gasteiger partial charge in [0.25, 0.3) is 0 Å². The highest BCUT2D eigenvalue weighted by molar-refractivity contribution is 5.95. The number of nitrogens with one attached hydrogen (secondary N) is 1. The van der Waals surface area contributed by atoms with Gasteiger partial charge in [0.05, 0.1) is 11.4 Å². The van der Waals surface area contributed by atoms with E-state index in [0.717, 1.165) is 31.4 Å². The second kappa shape index (κ2) is 6.04. The van der Waals surface area contributed by atoms with E-state index in [1.54, 1.807) is 6.07 Å². The number of hydrogen-bond acceptors (Lipinski definition) is 2. The van der Waals surface area contributed by atoms with Crippen LogP contribution in [-0.2, 0) is 4.79 Å². The van der Waals surface area contributed by atoms with Gasteiger partial charge in [-0.25, -0.2) is 4.39 Å². The minimum Gasteiger partial charge on any atom is -0.376 e. The Morgan fingerprint density at radius 2 is 1.95 bits per heavy atom. The van der Waals surface area contributed by atoms with Crippen LogP contribution >= 0.6 is 0 Å². The van der Waals surface area contributed by atoms with Gasteiger partial charge in [0, 0.05) is 20.0 Å². The molecule has 19 heavy (non-hydrogen) atoms. The van der Waals surface area contributed by atoms with Crippen LogP contribution in [0, 0.1) is 11.7 Å². The van der Waals surface area contributed by atoms with Gasteiger partial charge in [-0.05, 0) is 31.0 Å². The van der Waals surface area contributed by atoms with E-state index in [0.29, 0.717) is 5.69 Å². The van der Waals surface area contributed by atoms with Crippen LogP contribution in [-0.4, -0.2) is 20.0 Å². The third-order valence-corrected chi connectivity index (χ3v) is 3.67. The number of rotatable bonds is 3.